The number of amides is 1. The van der Waals surface area contributed by atoms with Crippen molar-refractivity contribution in [2.75, 3.05) is 0 Å². The first kappa shape index (κ1) is 15.0. The van der Waals surface area contributed by atoms with E-state index in [-0.39, 0.29) is 12.3 Å². The zero-order valence-electron chi connectivity index (χ0n) is 11.0. The number of aliphatic carboxylic acids is 1. The maximum absolute atomic E-state index is 11.5. The Morgan fingerprint density at radius 1 is 1.38 bits per heavy atom. The van der Waals surface area contributed by atoms with E-state index in [0.29, 0.717) is 5.17 Å². The maximum Gasteiger partial charge on any atom is 0.305 e. The molecule has 7 heteroatoms. The average molecular weight is 303 g/mol. The van der Waals surface area contributed by atoms with Gasteiger partial charge < -0.3 is 10.4 Å². The number of thioether (sulfide) groups is 1. The third-order valence-electron chi connectivity index (χ3n) is 2.53. The Morgan fingerprint density at radius 2 is 2.14 bits per heavy atom. The van der Waals surface area contributed by atoms with E-state index in [9.17, 15) is 9.59 Å². The smallest absolute Gasteiger partial charge is 0.305 e. The highest BCUT2D eigenvalue weighted by atomic mass is 32.2. The Labute approximate surface area is 125 Å². The van der Waals surface area contributed by atoms with Gasteiger partial charge in [0.2, 0.25) is 5.91 Å². The van der Waals surface area contributed by atoms with Crippen molar-refractivity contribution in [1.29, 1.82) is 0 Å². The quantitative estimate of drug-likeness (QED) is 0.640. The highest BCUT2D eigenvalue weighted by Gasteiger charge is 2.32. The summed E-state index contributed by atoms with van der Waals surface area (Å²) in [4.78, 5) is 22.0. The van der Waals surface area contributed by atoms with E-state index in [1.807, 2.05) is 36.4 Å². The Kier molecular flexibility index (Phi) is 5.28. The second-order valence-corrected chi connectivity index (χ2v) is 5.32. The summed E-state index contributed by atoms with van der Waals surface area (Å²) in [6, 6.07) is 9.72. The van der Waals surface area contributed by atoms with Crippen LogP contribution in [0.4, 0.5) is 0 Å². The fourth-order valence-corrected chi connectivity index (χ4v) is 2.50. The van der Waals surface area contributed by atoms with Gasteiger partial charge in [0.1, 0.15) is 5.25 Å². The standard InChI is InChI=1S/C14H13N3O3S/c18-12(19)9-11-13(20)16-14(21-11)17-15-8-4-7-10-5-2-1-3-6-10/h1-8,11H,9H2,(H,18,19)(H,16,17,20)/b7-4+,15-8-/t11-/m1/s1. The third kappa shape index (κ3) is 4.88. The minimum atomic E-state index is -1.02. The van der Waals surface area contributed by atoms with Crippen LogP contribution in [0.15, 0.2) is 46.6 Å². The van der Waals surface area contributed by atoms with Gasteiger partial charge in [0.25, 0.3) is 0 Å². The van der Waals surface area contributed by atoms with E-state index in [4.69, 9.17) is 5.11 Å². The summed E-state index contributed by atoms with van der Waals surface area (Å²) >= 11 is 1.07. The number of carbonyl (C=O) groups excluding carboxylic acids is 1. The van der Waals surface area contributed by atoms with Crippen molar-refractivity contribution < 1.29 is 14.7 Å². The Morgan fingerprint density at radius 3 is 2.86 bits per heavy atom. The first-order valence-corrected chi connectivity index (χ1v) is 7.05. The largest absolute Gasteiger partial charge is 0.481 e. The number of carboxylic acid groups (broad SMARTS) is 1. The fourth-order valence-electron chi connectivity index (χ4n) is 1.59. The number of amidine groups is 1. The second-order valence-electron chi connectivity index (χ2n) is 4.13. The van der Waals surface area contributed by atoms with Gasteiger partial charge in [-0.05, 0) is 11.6 Å². The molecule has 21 heavy (non-hydrogen) atoms. The second kappa shape index (κ2) is 7.39. The summed E-state index contributed by atoms with van der Waals surface area (Å²) < 4.78 is 0. The molecule has 0 radical (unpaired) electrons. The van der Waals surface area contributed by atoms with Crippen LogP contribution in [0.5, 0.6) is 0 Å². The van der Waals surface area contributed by atoms with Crippen molar-refractivity contribution in [2.45, 2.75) is 11.7 Å². The number of nitrogens with zero attached hydrogens (tertiary/aromatic N) is 2. The van der Waals surface area contributed by atoms with Crippen LogP contribution in [0.2, 0.25) is 0 Å². The molecule has 2 N–H and O–H groups in total. The fraction of sp³-hybridized carbons (Fsp3) is 0.143. The molecule has 0 aliphatic carbocycles. The van der Waals surface area contributed by atoms with Crippen LogP contribution in [-0.2, 0) is 9.59 Å². The molecule has 0 saturated carbocycles. The van der Waals surface area contributed by atoms with Crippen molar-refractivity contribution in [3.63, 3.8) is 0 Å². The van der Waals surface area contributed by atoms with Crippen molar-refractivity contribution in [1.82, 2.24) is 5.32 Å². The van der Waals surface area contributed by atoms with Gasteiger partial charge in [-0.1, -0.05) is 48.2 Å². The lowest BCUT2D eigenvalue weighted by Gasteiger charge is -1.97. The molecule has 1 aromatic rings. The molecule has 0 aromatic heterocycles. The molecule has 1 aliphatic heterocycles. The summed E-state index contributed by atoms with van der Waals surface area (Å²) in [5, 5.41) is 18.5. The molecule has 6 nitrogen and oxygen atoms in total. The summed E-state index contributed by atoms with van der Waals surface area (Å²) in [6.07, 6.45) is 4.87. The first-order valence-electron chi connectivity index (χ1n) is 6.17. The molecule has 0 bridgehead atoms. The van der Waals surface area contributed by atoms with Crippen LogP contribution in [0.25, 0.3) is 6.08 Å². The molecular formula is C14H13N3O3S. The number of carbonyl (C=O) groups is 2. The first-order chi connectivity index (χ1) is 10.1. The number of benzene rings is 1. The summed E-state index contributed by atoms with van der Waals surface area (Å²) in [6.45, 7) is 0. The number of hydrogen-bond donors (Lipinski definition) is 2. The van der Waals surface area contributed by atoms with Crippen LogP contribution >= 0.6 is 11.8 Å². The molecule has 1 saturated heterocycles. The van der Waals surface area contributed by atoms with Crippen LogP contribution < -0.4 is 5.32 Å². The predicted octanol–water partition coefficient (Wildman–Crippen LogP) is 1.75. The average Bonchev–Trinajstić information content (AvgIpc) is 2.79. The SMILES string of the molecule is O=C(O)C[C@H]1S\C(=N/N=C\C=C\c2ccccc2)NC1=O. The van der Waals surface area contributed by atoms with Crippen molar-refractivity contribution in [2.24, 2.45) is 10.2 Å². The number of nitrogens with one attached hydrogen (secondary N) is 1. The van der Waals surface area contributed by atoms with Crippen LogP contribution in [0.3, 0.4) is 0 Å². The van der Waals surface area contributed by atoms with Gasteiger partial charge in [0.15, 0.2) is 5.17 Å². The molecule has 1 aliphatic rings. The predicted molar refractivity (Wildman–Crippen MR) is 83.2 cm³/mol. The van der Waals surface area contributed by atoms with E-state index < -0.39 is 11.2 Å². The summed E-state index contributed by atoms with van der Waals surface area (Å²) in [7, 11) is 0. The van der Waals surface area contributed by atoms with Gasteiger partial charge in [-0.15, -0.1) is 5.10 Å². The molecule has 1 amide bonds. The van der Waals surface area contributed by atoms with Gasteiger partial charge >= 0.3 is 5.97 Å². The monoisotopic (exact) mass is 303 g/mol. The van der Waals surface area contributed by atoms with Gasteiger partial charge in [0, 0.05) is 6.21 Å². The lowest BCUT2D eigenvalue weighted by molar-refractivity contribution is -0.138. The molecular weight excluding hydrogens is 290 g/mol. The summed E-state index contributed by atoms with van der Waals surface area (Å²) in [5.41, 5.74) is 1.04. The van der Waals surface area contributed by atoms with E-state index in [2.05, 4.69) is 15.5 Å². The zero-order valence-corrected chi connectivity index (χ0v) is 11.8. The number of rotatable bonds is 5. The van der Waals surface area contributed by atoms with Crippen LogP contribution in [0, 0.1) is 0 Å². The number of carboxylic acids is 1. The van der Waals surface area contributed by atoms with Gasteiger partial charge in [-0.2, -0.15) is 5.10 Å². The molecule has 0 spiro atoms. The minimum absolute atomic E-state index is 0.229. The maximum atomic E-state index is 11.5. The van der Waals surface area contributed by atoms with Crippen molar-refractivity contribution in [3.05, 3.63) is 42.0 Å². The Hall–Kier alpha value is -2.41. The Balaban J connectivity index is 1.87. The third-order valence-corrected chi connectivity index (χ3v) is 3.60. The highest BCUT2D eigenvalue weighted by Crippen LogP contribution is 2.22. The number of allylic oxidation sites excluding steroid dienone is 1. The zero-order chi connectivity index (χ0) is 15.1. The van der Waals surface area contributed by atoms with E-state index in [1.165, 1.54) is 6.21 Å². The molecule has 108 valence electrons. The lowest BCUT2D eigenvalue weighted by atomic mass is 10.2. The normalized spacial score (nSPS) is 20.5. The van der Waals surface area contributed by atoms with Gasteiger partial charge in [-0.3, -0.25) is 9.59 Å². The summed E-state index contributed by atoms with van der Waals surface area (Å²) in [5.74, 6) is -1.37. The van der Waals surface area contributed by atoms with Gasteiger partial charge in [-0.25, -0.2) is 0 Å². The van der Waals surface area contributed by atoms with Crippen molar-refractivity contribution >= 4 is 41.1 Å². The van der Waals surface area contributed by atoms with E-state index in [0.717, 1.165) is 17.3 Å². The molecule has 2 rings (SSSR count). The lowest BCUT2D eigenvalue weighted by Crippen LogP contribution is -2.26. The Bertz CT molecular complexity index is 611. The van der Waals surface area contributed by atoms with E-state index >= 15 is 0 Å². The topological polar surface area (TPSA) is 91.1 Å². The van der Waals surface area contributed by atoms with E-state index in [1.54, 1.807) is 6.08 Å². The van der Waals surface area contributed by atoms with Crippen LogP contribution in [0.1, 0.15) is 12.0 Å². The van der Waals surface area contributed by atoms with Crippen molar-refractivity contribution in [3.8, 4) is 0 Å². The van der Waals surface area contributed by atoms with Gasteiger partial charge in [0.05, 0.1) is 6.42 Å². The molecule has 1 aromatic carbocycles. The molecule has 1 heterocycles. The molecule has 1 fully saturated rings. The van der Waals surface area contributed by atoms with Crippen LogP contribution in [-0.4, -0.2) is 33.6 Å². The molecule has 0 unspecified atom stereocenters. The number of hydrogen-bond acceptors (Lipinski definition) is 5. The highest BCUT2D eigenvalue weighted by molar-refractivity contribution is 8.15. The minimum Gasteiger partial charge on any atom is -0.481 e. The molecule has 1 atom stereocenters.